The molecule has 0 saturated heterocycles. The summed E-state index contributed by atoms with van der Waals surface area (Å²) in [6, 6.07) is 8.85. The first kappa shape index (κ1) is 16.1. The van der Waals surface area contributed by atoms with E-state index in [2.05, 4.69) is 47.2 Å². The summed E-state index contributed by atoms with van der Waals surface area (Å²) in [7, 11) is 0. The lowest BCUT2D eigenvalue weighted by molar-refractivity contribution is 0.670. The smallest absolute Gasteiger partial charge is 0.0687 e. The van der Waals surface area contributed by atoms with Crippen LogP contribution in [0.4, 0.5) is 0 Å². The highest BCUT2D eigenvalue weighted by Gasteiger charge is 2.10. The van der Waals surface area contributed by atoms with E-state index in [1.54, 1.807) is 0 Å². The van der Waals surface area contributed by atoms with Crippen molar-refractivity contribution in [3.05, 3.63) is 47.1 Å². The summed E-state index contributed by atoms with van der Waals surface area (Å²) in [5.74, 6) is 0. The first-order valence-corrected chi connectivity index (χ1v) is 9.35. The molecule has 2 nitrogen and oxygen atoms in total. The van der Waals surface area contributed by atoms with Crippen LogP contribution < -0.4 is 0 Å². The molecule has 0 saturated carbocycles. The van der Waals surface area contributed by atoms with E-state index in [0.717, 1.165) is 18.0 Å². The van der Waals surface area contributed by atoms with Gasteiger partial charge in [-0.1, -0.05) is 26.2 Å². The first-order chi connectivity index (χ1) is 11.3. The average molecular weight is 324 g/mol. The van der Waals surface area contributed by atoms with Crippen molar-refractivity contribution in [3.8, 4) is 10.4 Å². The van der Waals surface area contributed by atoms with Crippen molar-refractivity contribution in [2.75, 3.05) is 6.54 Å². The zero-order valence-corrected chi connectivity index (χ0v) is 14.8. The molecule has 0 aromatic carbocycles. The molecule has 1 aliphatic rings. The van der Waals surface area contributed by atoms with Crippen LogP contribution in [-0.2, 0) is 6.42 Å². The van der Waals surface area contributed by atoms with Crippen molar-refractivity contribution in [2.45, 2.75) is 46.0 Å². The Kier molecular flexibility index (Phi) is 5.39. The number of hydrogen-bond acceptors (Lipinski definition) is 3. The van der Waals surface area contributed by atoms with Crippen LogP contribution in [0.3, 0.4) is 0 Å². The monoisotopic (exact) mass is 324 g/mol. The maximum absolute atomic E-state index is 4.52. The van der Waals surface area contributed by atoms with Crippen LogP contribution in [0.2, 0.25) is 0 Å². The van der Waals surface area contributed by atoms with Crippen molar-refractivity contribution < 1.29 is 0 Å². The van der Waals surface area contributed by atoms with E-state index in [4.69, 9.17) is 0 Å². The van der Waals surface area contributed by atoms with E-state index >= 15 is 0 Å². The minimum absolute atomic E-state index is 0.759. The minimum atomic E-state index is 0.759. The average Bonchev–Trinajstić information content (AvgIpc) is 3.21. The first-order valence-electron chi connectivity index (χ1n) is 8.53. The minimum Gasteiger partial charge on any atom is -0.285 e. The van der Waals surface area contributed by atoms with Gasteiger partial charge >= 0.3 is 0 Å². The van der Waals surface area contributed by atoms with Crippen LogP contribution in [0.1, 0.15) is 50.1 Å². The van der Waals surface area contributed by atoms with Gasteiger partial charge in [-0.25, -0.2) is 0 Å². The number of hydrogen-bond donors (Lipinski definition) is 0. The molecule has 1 aliphatic heterocycles. The third-order valence-electron chi connectivity index (χ3n) is 4.19. The maximum atomic E-state index is 4.52. The number of thiophene rings is 1. The number of unbranched alkanes of at least 4 members (excludes halogenated alkanes) is 3. The highest BCUT2D eigenvalue weighted by Crippen LogP contribution is 2.30. The van der Waals surface area contributed by atoms with Gasteiger partial charge < -0.3 is 0 Å². The molecule has 120 valence electrons. The summed E-state index contributed by atoms with van der Waals surface area (Å²) in [6.45, 7) is 5.06. The molecule has 0 radical (unpaired) electrons. The summed E-state index contributed by atoms with van der Waals surface area (Å²) in [4.78, 5) is 11.8. The Labute approximate surface area is 143 Å². The van der Waals surface area contributed by atoms with Gasteiger partial charge in [-0.05, 0) is 55.7 Å². The number of pyridine rings is 1. The van der Waals surface area contributed by atoms with Gasteiger partial charge in [-0.2, -0.15) is 0 Å². The zero-order chi connectivity index (χ0) is 16.1. The SMILES string of the molecule is CCCCCCc1ccc(-c2ccnc(C3=CC(C)=NC3)c2)s1. The Bertz CT molecular complexity index is 725. The van der Waals surface area contributed by atoms with Crippen LogP contribution in [0.15, 0.2) is 41.5 Å². The third-order valence-corrected chi connectivity index (χ3v) is 5.39. The fourth-order valence-corrected chi connectivity index (χ4v) is 3.91. The van der Waals surface area contributed by atoms with Gasteiger partial charge in [0.15, 0.2) is 0 Å². The predicted octanol–water partition coefficient (Wildman–Crippen LogP) is 5.79. The molecular formula is C20H24N2S. The number of allylic oxidation sites excluding steroid dienone is 1. The fourth-order valence-electron chi connectivity index (χ4n) is 2.86. The van der Waals surface area contributed by atoms with E-state index in [1.165, 1.54) is 53.0 Å². The molecule has 3 heterocycles. The molecule has 0 atom stereocenters. The molecule has 0 bridgehead atoms. The van der Waals surface area contributed by atoms with Gasteiger partial charge in [0.05, 0.1) is 12.2 Å². The molecule has 0 aliphatic carbocycles. The van der Waals surface area contributed by atoms with E-state index < -0.39 is 0 Å². The van der Waals surface area contributed by atoms with Gasteiger partial charge in [0.1, 0.15) is 0 Å². The van der Waals surface area contributed by atoms with E-state index in [-0.39, 0.29) is 0 Å². The largest absolute Gasteiger partial charge is 0.285 e. The number of aliphatic imine (C=N–C) groups is 1. The van der Waals surface area contributed by atoms with Gasteiger partial charge in [0, 0.05) is 27.2 Å². The summed E-state index contributed by atoms with van der Waals surface area (Å²) >= 11 is 1.92. The molecule has 3 heteroatoms. The molecule has 0 spiro atoms. The number of rotatable bonds is 7. The standard InChI is InChI=1S/C20H24N2S/c1-3-4-5-6-7-18-8-9-20(23-18)16-10-11-21-19(13-16)17-12-15(2)22-14-17/h8-13H,3-7,14H2,1-2H3. The second kappa shape index (κ2) is 7.69. The van der Waals surface area contributed by atoms with Crippen molar-refractivity contribution >= 4 is 22.6 Å². The van der Waals surface area contributed by atoms with E-state index in [0.29, 0.717) is 0 Å². The summed E-state index contributed by atoms with van der Waals surface area (Å²) in [6.07, 6.45) is 10.6. The lowest BCUT2D eigenvalue weighted by atomic mass is 10.1. The number of nitrogens with zero attached hydrogens (tertiary/aromatic N) is 2. The van der Waals surface area contributed by atoms with Crippen LogP contribution in [0.5, 0.6) is 0 Å². The lowest BCUT2D eigenvalue weighted by Crippen LogP contribution is -1.90. The van der Waals surface area contributed by atoms with Crippen molar-refractivity contribution in [2.24, 2.45) is 4.99 Å². The quantitative estimate of drug-likeness (QED) is 0.592. The van der Waals surface area contributed by atoms with Crippen LogP contribution >= 0.6 is 11.3 Å². The lowest BCUT2D eigenvalue weighted by Gasteiger charge is -2.03. The van der Waals surface area contributed by atoms with E-state index in [1.807, 2.05) is 24.5 Å². The van der Waals surface area contributed by atoms with E-state index in [9.17, 15) is 0 Å². The third kappa shape index (κ3) is 4.17. The van der Waals surface area contributed by atoms with Gasteiger partial charge in [-0.15, -0.1) is 11.3 Å². The van der Waals surface area contributed by atoms with Crippen LogP contribution in [-0.4, -0.2) is 17.2 Å². The Morgan fingerprint density at radius 1 is 1.13 bits per heavy atom. The summed E-state index contributed by atoms with van der Waals surface area (Å²) in [5, 5.41) is 0. The Morgan fingerprint density at radius 3 is 2.83 bits per heavy atom. The molecule has 0 fully saturated rings. The molecule has 0 amide bonds. The van der Waals surface area contributed by atoms with Gasteiger partial charge in [0.2, 0.25) is 0 Å². The Morgan fingerprint density at radius 2 is 2.04 bits per heavy atom. The fraction of sp³-hybridized carbons (Fsp3) is 0.400. The highest BCUT2D eigenvalue weighted by atomic mass is 32.1. The molecule has 0 N–H and O–H groups in total. The molecule has 3 rings (SSSR count). The van der Waals surface area contributed by atoms with Crippen molar-refractivity contribution in [3.63, 3.8) is 0 Å². The normalized spacial score (nSPS) is 14.0. The second-order valence-corrected chi connectivity index (χ2v) is 7.30. The number of aryl methyl sites for hydroxylation is 1. The predicted molar refractivity (Wildman–Crippen MR) is 101 cm³/mol. The van der Waals surface area contributed by atoms with Crippen molar-refractivity contribution in [1.29, 1.82) is 0 Å². The Balaban J connectivity index is 1.70. The number of aromatic nitrogens is 1. The second-order valence-electron chi connectivity index (χ2n) is 6.13. The molecule has 23 heavy (non-hydrogen) atoms. The van der Waals surface area contributed by atoms with Gasteiger partial charge in [-0.3, -0.25) is 9.98 Å². The van der Waals surface area contributed by atoms with Gasteiger partial charge in [0.25, 0.3) is 0 Å². The topological polar surface area (TPSA) is 25.2 Å². The van der Waals surface area contributed by atoms with Crippen molar-refractivity contribution in [1.82, 2.24) is 4.98 Å². The zero-order valence-electron chi connectivity index (χ0n) is 14.0. The van der Waals surface area contributed by atoms with Crippen LogP contribution in [0, 0.1) is 0 Å². The maximum Gasteiger partial charge on any atom is 0.0687 e. The van der Waals surface area contributed by atoms with Crippen LogP contribution in [0.25, 0.3) is 16.0 Å². The summed E-state index contributed by atoms with van der Waals surface area (Å²) < 4.78 is 0. The Hall–Kier alpha value is -1.74. The molecular weight excluding hydrogens is 300 g/mol. The highest BCUT2D eigenvalue weighted by molar-refractivity contribution is 7.15. The summed E-state index contributed by atoms with van der Waals surface area (Å²) in [5.41, 5.74) is 4.64. The molecule has 0 unspecified atom stereocenters. The molecule has 2 aromatic rings. The molecule has 2 aromatic heterocycles.